The van der Waals surface area contributed by atoms with E-state index in [4.69, 9.17) is 24.4 Å². The Bertz CT molecular complexity index is 659. The molecule has 0 spiro atoms. The average molecular weight is 471 g/mol. The van der Waals surface area contributed by atoms with Gasteiger partial charge in [-0.25, -0.2) is 0 Å². The second-order valence-corrected chi connectivity index (χ2v) is 14.8. The van der Waals surface area contributed by atoms with Gasteiger partial charge in [0.15, 0.2) is 0 Å². The summed E-state index contributed by atoms with van der Waals surface area (Å²) in [4.78, 5) is 2.43. The second kappa shape index (κ2) is 7.64. The molecule has 0 aromatic carbocycles. The van der Waals surface area contributed by atoms with Crippen molar-refractivity contribution in [2.45, 2.75) is 114 Å². The lowest BCUT2D eigenvalue weighted by atomic mass is 9.53. The molecule has 2 nitrogen and oxygen atoms in total. The van der Waals surface area contributed by atoms with Crippen molar-refractivity contribution in [3.05, 3.63) is 0 Å². The van der Waals surface area contributed by atoms with Gasteiger partial charge in [-0.1, -0.05) is 24.4 Å². The van der Waals surface area contributed by atoms with E-state index in [-0.39, 0.29) is 0 Å². The van der Waals surface area contributed by atoms with Crippen LogP contribution in [0.15, 0.2) is 0 Å². The molecule has 0 aromatic heterocycles. The van der Waals surface area contributed by atoms with Gasteiger partial charge in [0, 0.05) is 22.9 Å². The summed E-state index contributed by atoms with van der Waals surface area (Å²) >= 11 is 12.1. The standard InChI is InChI=1S/C28H42N2S2/c31-25(29-27-11-17-5-18(12-27)7-19(6-17)13-27)23-1-2-24(4-3-23)26(32)30-28-14-20-8-21(15-28)10-22(9-20)16-28/h17-24H,1-16H2,(H,29,31)(H,30,32). The van der Waals surface area contributed by atoms with Crippen molar-refractivity contribution in [3.8, 4) is 0 Å². The van der Waals surface area contributed by atoms with E-state index in [1.165, 1.54) is 113 Å². The lowest BCUT2D eigenvalue weighted by Crippen LogP contribution is -2.61. The molecular weight excluding hydrogens is 428 g/mol. The fraction of sp³-hybridized carbons (Fsp3) is 0.929. The third kappa shape index (κ3) is 3.69. The highest BCUT2D eigenvalue weighted by atomic mass is 32.1. The van der Waals surface area contributed by atoms with Crippen LogP contribution in [-0.4, -0.2) is 21.1 Å². The first-order valence-electron chi connectivity index (χ1n) is 14.1. The van der Waals surface area contributed by atoms with Crippen LogP contribution < -0.4 is 10.6 Å². The predicted octanol–water partition coefficient (Wildman–Crippen LogP) is 6.56. The largest absolute Gasteiger partial charge is 0.374 e. The van der Waals surface area contributed by atoms with E-state index in [0.717, 1.165) is 35.5 Å². The summed E-state index contributed by atoms with van der Waals surface area (Å²) < 4.78 is 0. The first kappa shape index (κ1) is 21.1. The first-order chi connectivity index (χ1) is 15.4. The van der Waals surface area contributed by atoms with E-state index < -0.39 is 0 Å². The SMILES string of the molecule is S=C(NC12CC3CC(CC(C3)C1)C2)C1CCC(C(=S)NC23CC4CC(CC(C4)C2)C3)CC1. The smallest absolute Gasteiger partial charge is 0.0789 e. The molecular formula is C28H42N2S2. The molecule has 0 saturated heterocycles. The summed E-state index contributed by atoms with van der Waals surface area (Å²) in [6.45, 7) is 0. The van der Waals surface area contributed by atoms with Gasteiger partial charge in [0.1, 0.15) is 0 Å². The minimum absolute atomic E-state index is 0.373. The molecule has 9 aliphatic rings. The summed E-state index contributed by atoms with van der Waals surface area (Å²) in [7, 11) is 0. The Kier molecular flexibility index (Phi) is 5.04. The van der Waals surface area contributed by atoms with Gasteiger partial charge in [0.25, 0.3) is 0 Å². The van der Waals surface area contributed by atoms with Crippen LogP contribution in [0.3, 0.4) is 0 Å². The summed E-state index contributed by atoms with van der Waals surface area (Å²) in [5, 5.41) is 8.05. The molecule has 32 heavy (non-hydrogen) atoms. The summed E-state index contributed by atoms with van der Waals surface area (Å²) in [6, 6.07) is 0. The summed E-state index contributed by atoms with van der Waals surface area (Å²) in [5.41, 5.74) is 0.746. The van der Waals surface area contributed by atoms with E-state index >= 15 is 0 Å². The molecule has 0 unspecified atom stereocenters. The number of nitrogens with one attached hydrogen (secondary N) is 2. The van der Waals surface area contributed by atoms with Crippen molar-refractivity contribution >= 4 is 34.4 Å². The van der Waals surface area contributed by atoms with Gasteiger partial charge in [-0.3, -0.25) is 0 Å². The maximum absolute atomic E-state index is 6.06. The minimum atomic E-state index is 0.373. The maximum atomic E-state index is 6.06. The Morgan fingerprint density at radius 2 is 0.719 bits per heavy atom. The van der Waals surface area contributed by atoms with E-state index in [1.54, 1.807) is 0 Å². The fourth-order valence-electron chi connectivity index (χ4n) is 10.9. The van der Waals surface area contributed by atoms with Crippen LogP contribution >= 0.6 is 24.4 Å². The Balaban J connectivity index is 0.938. The zero-order valence-electron chi connectivity index (χ0n) is 19.7. The van der Waals surface area contributed by atoms with Crippen LogP contribution in [0.1, 0.15) is 103 Å². The molecule has 0 atom stereocenters. The molecule has 176 valence electrons. The van der Waals surface area contributed by atoms with Crippen LogP contribution in [0.25, 0.3) is 0 Å². The molecule has 9 saturated carbocycles. The molecule has 0 aliphatic heterocycles. The Morgan fingerprint density at radius 1 is 0.469 bits per heavy atom. The molecule has 9 fully saturated rings. The van der Waals surface area contributed by atoms with Crippen molar-refractivity contribution in [2.75, 3.05) is 0 Å². The molecule has 9 aliphatic carbocycles. The van der Waals surface area contributed by atoms with Crippen LogP contribution in [0.4, 0.5) is 0 Å². The highest BCUT2D eigenvalue weighted by Crippen LogP contribution is 2.57. The Hall–Kier alpha value is -0.220. The number of thiocarbonyl (C=S) groups is 2. The summed E-state index contributed by atoms with van der Waals surface area (Å²) in [6.07, 6.45) is 22.4. The first-order valence-corrected chi connectivity index (χ1v) is 14.9. The van der Waals surface area contributed by atoms with Crippen LogP contribution in [0.5, 0.6) is 0 Å². The minimum Gasteiger partial charge on any atom is -0.374 e. The lowest BCUT2D eigenvalue weighted by Gasteiger charge is -2.58. The molecule has 0 amide bonds. The van der Waals surface area contributed by atoms with Crippen molar-refractivity contribution < 1.29 is 0 Å². The van der Waals surface area contributed by atoms with Crippen LogP contribution in [0.2, 0.25) is 0 Å². The zero-order chi connectivity index (χ0) is 21.5. The molecule has 4 heteroatoms. The maximum Gasteiger partial charge on any atom is 0.0789 e. The number of rotatable bonds is 4. The van der Waals surface area contributed by atoms with E-state index in [0.29, 0.717) is 22.9 Å². The number of hydrogen-bond acceptors (Lipinski definition) is 2. The monoisotopic (exact) mass is 470 g/mol. The molecule has 0 aromatic rings. The summed E-state index contributed by atoms with van der Waals surface area (Å²) in [5.74, 6) is 7.11. The van der Waals surface area contributed by atoms with Crippen LogP contribution in [-0.2, 0) is 0 Å². The molecule has 9 rings (SSSR count). The lowest BCUT2D eigenvalue weighted by molar-refractivity contribution is -0.0110. The van der Waals surface area contributed by atoms with Crippen molar-refractivity contribution in [1.82, 2.24) is 10.6 Å². The van der Waals surface area contributed by atoms with Gasteiger partial charge < -0.3 is 10.6 Å². The Morgan fingerprint density at radius 3 is 0.969 bits per heavy atom. The van der Waals surface area contributed by atoms with E-state index in [1.807, 2.05) is 0 Å². The van der Waals surface area contributed by atoms with Crippen molar-refractivity contribution in [1.29, 1.82) is 0 Å². The normalized spacial score (nSPS) is 52.8. The highest BCUT2D eigenvalue weighted by molar-refractivity contribution is 7.80. The average Bonchev–Trinajstić information content (AvgIpc) is 2.71. The van der Waals surface area contributed by atoms with E-state index in [2.05, 4.69) is 10.6 Å². The van der Waals surface area contributed by atoms with Crippen molar-refractivity contribution in [3.63, 3.8) is 0 Å². The van der Waals surface area contributed by atoms with Crippen molar-refractivity contribution in [2.24, 2.45) is 47.3 Å². The van der Waals surface area contributed by atoms with Gasteiger partial charge in [-0.2, -0.15) is 0 Å². The molecule has 0 radical (unpaired) electrons. The highest BCUT2D eigenvalue weighted by Gasteiger charge is 2.53. The van der Waals surface area contributed by atoms with Gasteiger partial charge in [0.2, 0.25) is 0 Å². The Labute approximate surface area is 205 Å². The quantitative estimate of drug-likeness (QED) is 0.454. The van der Waals surface area contributed by atoms with Gasteiger partial charge in [-0.15, -0.1) is 0 Å². The van der Waals surface area contributed by atoms with Gasteiger partial charge >= 0.3 is 0 Å². The zero-order valence-corrected chi connectivity index (χ0v) is 21.4. The van der Waals surface area contributed by atoms with Gasteiger partial charge in [0.05, 0.1) is 9.98 Å². The second-order valence-electron chi connectivity index (χ2n) is 13.9. The number of hydrogen-bond donors (Lipinski definition) is 2. The third-order valence-electron chi connectivity index (χ3n) is 11.3. The fourth-order valence-corrected chi connectivity index (χ4v) is 11.8. The third-order valence-corrected chi connectivity index (χ3v) is 12.2. The van der Waals surface area contributed by atoms with Gasteiger partial charge in [-0.05, 0) is 138 Å². The molecule has 8 bridgehead atoms. The topological polar surface area (TPSA) is 24.1 Å². The van der Waals surface area contributed by atoms with Crippen LogP contribution in [0, 0.1) is 47.3 Å². The predicted molar refractivity (Wildman–Crippen MR) is 139 cm³/mol. The molecule has 0 heterocycles. The van der Waals surface area contributed by atoms with E-state index in [9.17, 15) is 0 Å². The molecule has 2 N–H and O–H groups in total.